The quantitative estimate of drug-likeness (QED) is 0.662. The van der Waals surface area contributed by atoms with Gasteiger partial charge >= 0.3 is 0 Å². The van der Waals surface area contributed by atoms with Gasteiger partial charge in [0, 0.05) is 20.9 Å². The number of nitrogens with one attached hydrogen (secondary N) is 2. The van der Waals surface area contributed by atoms with Crippen molar-refractivity contribution in [2.45, 2.75) is 13.8 Å². The van der Waals surface area contributed by atoms with E-state index in [1.165, 1.54) is 0 Å². The first-order valence-corrected chi connectivity index (χ1v) is 6.15. The summed E-state index contributed by atoms with van der Waals surface area (Å²) in [6, 6.07) is 5.31. The zero-order valence-electron chi connectivity index (χ0n) is 9.55. The summed E-state index contributed by atoms with van der Waals surface area (Å²) in [5.74, 6) is -0.201. The van der Waals surface area contributed by atoms with Crippen LogP contribution in [0.15, 0.2) is 27.8 Å². The summed E-state index contributed by atoms with van der Waals surface area (Å²) in [7, 11) is 0. The summed E-state index contributed by atoms with van der Waals surface area (Å²) in [5.41, 5.74) is 4.03. The van der Waals surface area contributed by atoms with Crippen LogP contribution in [0.4, 0.5) is 5.69 Å². The molecular weight excluding hydrogens is 305 g/mol. The highest BCUT2D eigenvalue weighted by molar-refractivity contribution is 9.10. The minimum absolute atomic E-state index is 0.150. The SMILES string of the molecule is CC(C)=NNC(=O)CNc1ccc(Cl)cc1Br. The minimum atomic E-state index is -0.201. The predicted octanol–water partition coefficient (Wildman–Crippen LogP) is 3.03. The molecule has 0 aliphatic carbocycles. The largest absolute Gasteiger partial charge is 0.375 e. The fourth-order valence-corrected chi connectivity index (χ4v) is 1.84. The van der Waals surface area contributed by atoms with Crippen LogP contribution < -0.4 is 10.7 Å². The number of halogens is 2. The molecule has 0 fully saturated rings. The van der Waals surface area contributed by atoms with Gasteiger partial charge in [-0.3, -0.25) is 4.79 Å². The molecule has 0 spiro atoms. The van der Waals surface area contributed by atoms with Crippen LogP contribution in [-0.4, -0.2) is 18.2 Å². The Morgan fingerprint density at radius 2 is 2.18 bits per heavy atom. The first kappa shape index (κ1) is 14.0. The maximum absolute atomic E-state index is 11.4. The van der Waals surface area contributed by atoms with Crippen LogP contribution in [0.3, 0.4) is 0 Å². The molecule has 1 aromatic carbocycles. The summed E-state index contributed by atoms with van der Waals surface area (Å²) in [5, 5.41) is 7.43. The van der Waals surface area contributed by atoms with Gasteiger partial charge in [-0.25, -0.2) is 5.43 Å². The van der Waals surface area contributed by atoms with E-state index >= 15 is 0 Å². The van der Waals surface area contributed by atoms with Crippen molar-refractivity contribution >= 4 is 44.8 Å². The van der Waals surface area contributed by atoms with Gasteiger partial charge in [-0.15, -0.1) is 0 Å². The van der Waals surface area contributed by atoms with Gasteiger partial charge in [0.2, 0.25) is 0 Å². The zero-order valence-corrected chi connectivity index (χ0v) is 11.9. The van der Waals surface area contributed by atoms with Crippen molar-refractivity contribution in [3.8, 4) is 0 Å². The van der Waals surface area contributed by atoms with Crippen LogP contribution in [0.5, 0.6) is 0 Å². The van der Waals surface area contributed by atoms with Crippen molar-refractivity contribution in [3.05, 3.63) is 27.7 Å². The molecule has 0 aliphatic heterocycles. The molecule has 0 heterocycles. The van der Waals surface area contributed by atoms with E-state index in [0.29, 0.717) is 5.02 Å². The zero-order chi connectivity index (χ0) is 12.8. The summed E-state index contributed by atoms with van der Waals surface area (Å²) < 4.78 is 0.813. The number of nitrogens with zero attached hydrogens (tertiary/aromatic N) is 1. The molecule has 1 rings (SSSR count). The highest BCUT2D eigenvalue weighted by atomic mass is 79.9. The Morgan fingerprint density at radius 1 is 1.47 bits per heavy atom. The second-order valence-corrected chi connectivity index (χ2v) is 4.86. The summed E-state index contributed by atoms with van der Waals surface area (Å²) >= 11 is 9.16. The summed E-state index contributed by atoms with van der Waals surface area (Å²) in [6.07, 6.45) is 0. The number of carbonyl (C=O) groups is 1. The van der Waals surface area contributed by atoms with Crippen molar-refractivity contribution in [2.24, 2.45) is 5.10 Å². The fourth-order valence-electron chi connectivity index (χ4n) is 1.02. The second kappa shape index (κ2) is 6.61. The Hall–Kier alpha value is -1.07. The maximum Gasteiger partial charge on any atom is 0.259 e. The molecule has 1 aromatic rings. The highest BCUT2D eigenvalue weighted by Crippen LogP contribution is 2.25. The van der Waals surface area contributed by atoms with Crippen LogP contribution in [0.1, 0.15) is 13.8 Å². The van der Waals surface area contributed by atoms with Gasteiger partial charge in [-0.2, -0.15) is 5.10 Å². The molecule has 17 heavy (non-hydrogen) atoms. The monoisotopic (exact) mass is 317 g/mol. The van der Waals surface area contributed by atoms with E-state index in [1.807, 2.05) is 13.8 Å². The molecule has 0 atom stereocenters. The molecule has 0 bridgehead atoms. The summed E-state index contributed by atoms with van der Waals surface area (Å²) in [4.78, 5) is 11.4. The Morgan fingerprint density at radius 3 is 2.76 bits per heavy atom. The van der Waals surface area contributed by atoms with E-state index in [9.17, 15) is 4.79 Å². The third-order valence-electron chi connectivity index (χ3n) is 1.77. The molecule has 0 unspecified atom stereocenters. The molecule has 6 heteroatoms. The lowest BCUT2D eigenvalue weighted by atomic mass is 10.3. The molecule has 0 saturated heterocycles. The van der Waals surface area contributed by atoms with E-state index in [-0.39, 0.29) is 12.5 Å². The van der Waals surface area contributed by atoms with Gasteiger partial charge in [0.25, 0.3) is 5.91 Å². The van der Waals surface area contributed by atoms with E-state index < -0.39 is 0 Å². The minimum Gasteiger partial charge on any atom is -0.375 e. The van der Waals surface area contributed by atoms with Gasteiger partial charge in [-0.1, -0.05) is 11.6 Å². The third kappa shape index (κ3) is 5.19. The number of rotatable bonds is 4. The molecule has 1 amide bonds. The Labute approximate surface area is 114 Å². The lowest BCUT2D eigenvalue weighted by Gasteiger charge is -2.07. The number of hydrazone groups is 1. The Bertz CT molecular complexity index is 444. The molecule has 0 aromatic heterocycles. The number of amides is 1. The standard InChI is InChI=1S/C11H13BrClN3O/c1-7(2)15-16-11(17)6-14-10-4-3-8(13)5-9(10)12/h3-5,14H,6H2,1-2H3,(H,16,17). The normalized spacial score (nSPS) is 9.65. The summed E-state index contributed by atoms with van der Waals surface area (Å²) in [6.45, 7) is 3.77. The lowest BCUT2D eigenvalue weighted by Crippen LogP contribution is -2.26. The van der Waals surface area contributed by atoms with E-state index in [2.05, 4.69) is 31.8 Å². The van der Waals surface area contributed by atoms with Gasteiger partial charge in [-0.05, 0) is 48.0 Å². The highest BCUT2D eigenvalue weighted by Gasteiger charge is 2.03. The van der Waals surface area contributed by atoms with E-state index in [0.717, 1.165) is 15.9 Å². The number of hydrogen-bond acceptors (Lipinski definition) is 3. The topological polar surface area (TPSA) is 53.5 Å². The molecular formula is C11H13BrClN3O. The lowest BCUT2D eigenvalue weighted by molar-refractivity contribution is -0.119. The van der Waals surface area contributed by atoms with E-state index in [1.54, 1.807) is 18.2 Å². The van der Waals surface area contributed by atoms with Crippen molar-refractivity contribution in [3.63, 3.8) is 0 Å². The molecule has 0 radical (unpaired) electrons. The number of carbonyl (C=O) groups excluding carboxylic acids is 1. The molecule has 4 nitrogen and oxygen atoms in total. The van der Waals surface area contributed by atoms with Crippen LogP contribution in [0.25, 0.3) is 0 Å². The smallest absolute Gasteiger partial charge is 0.259 e. The van der Waals surface area contributed by atoms with E-state index in [4.69, 9.17) is 11.6 Å². The van der Waals surface area contributed by atoms with Crippen molar-refractivity contribution < 1.29 is 4.79 Å². The van der Waals surface area contributed by atoms with Crippen molar-refractivity contribution in [1.29, 1.82) is 0 Å². The van der Waals surface area contributed by atoms with Crippen LogP contribution in [0, 0.1) is 0 Å². The van der Waals surface area contributed by atoms with Gasteiger partial charge in [0.05, 0.1) is 6.54 Å². The van der Waals surface area contributed by atoms with Crippen LogP contribution in [0.2, 0.25) is 5.02 Å². The Balaban J connectivity index is 2.50. The van der Waals surface area contributed by atoms with Gasteiger partial charge < -0.3 is 5.32 Å². The van der Waals surface area contributed by atoms with Crippen LogP contribution in [-0.2, 0) is 4.79 Å². The van der Waals surface area contributed by atoms with Gasteiger partial charge in [0.15, 0.2) is 0 Å². The van der Waals surface area contributed by atoms with Gasteiger partial charge in [0.1, 0.15) is 0 Å². The molecule has 0 saturated carbocycles. The predicted molar refractivity (Wildman–Crippen MR) is 74.6 cm³/mol. The number of hydrogen-bond donors (Lipinski definition) is 2. The molecule has 92 valence electrons. The third-order valence-corrected chi connectivity index (χ3v) is 2.67. The number of anilines is 1. The average molecular weight is 319 g/mol. The maximum atomic E-state index is 11.4. The first-order chi connectivity index (χ1) is 7.99. The number of benzene rings is 1. The average Bonchev–Trinajstić information content (AvgIpc) is 2.25. The Kier molecular flexibility index (Phi) is 5.44. The molecule has 2 N–H and O–H groups in total. The van der Waals surface area contributed by atoms with Crippen molar-refractivity contribution in [1.82, 2.24) is 5.43 Å². The molecule has 0 aliphatic rings. The first-order valence-electron chi connectivity index (χ1n) is 4.97. The fraction of sp³-hybridized carbons (Fsp3) is 0.273. The van der Waals surface area contributed by atoms with Crippen LogP contribution >= 0.6 is 27.5 Å². The van der Waals surface area contributed by atoms with Crippen molar-refractivity contribution in [2.75, 3.05) is 11.9 Å². The second-order valence-electron chi connectivity index (χ2n) is 3.57.